The van der Waals surface area contributed by atoms with Crippen molar-refractivity contribution in [1.29, 1.82) is 0 Å². The van der Waals surface area contributed by atoms with Crippen LogP contribution in [-0.4, -0.2) is 17.4 Å². The summed E-state index contributed by atoms with van der Waals surface area (Å²) in [6.07, 6.45) is 5.35. The van der Waals surface area contributed by atoms with Crippen molar-refractivity contribution < 1.29 is 0 Å². The molecular formula is C15H19ClN2. The van der Waals surface area contributed by atoms with E-state index in [1.807, 2.05) is 12.3 Å². The SMILES string of the molecule is ClCCCCCNCc1cccc2cccnc12. The number of unbranched alkanes of at least 4 members (excludes halogenated alkanes) is 2. The number of pyridine rings is 1. The zero-order valence-corrected chi connectivity index (χ0v) is 11.3. The van der Waals surface area contributed by atoms with Crippen LogP contribution in [0.3, 0.4) is 0 Å². The first-order chi connectivity index (χ1) is 8.92. The van der Waals surface area contributed by atoms with Gasteiger partial charge in [-0.3, -0.25) is 4.98 Å². The molecule has 0 spiro atoms. The maximum atomic E-state index is 5.65. The summed E-state index contributed by atoms with van der Waals surface area (Å²) < 4.78 is 0. The summed E-state index contributed by atoms with van der Waals surface area (Å²) in [6.45, 7) is 1.93. The maximum Gasteiger partial charge on any atom is 0.0746 e. The molecule has 0 fully saturated rings. The third-order valence-electron chi connectivity index (χ3n) is 3.02. The summed E-state index contributed by atoms with van der Waals surface area (Å²) in [6, 6.07) is 10.4. The van der Waals surface area contributed by atoms with Gasteiger partial charge in [0.25, 0.3) is 0 Å². The minimum Gasteiger partial charge on any atom is -0.313 e. The van der Waals surface area contributed by atoms with E-state index in [0.717, 1.165) is 30.9 Å². The Balaban J connectivity index is 1.88. The third-order valence-corrected chi connectivity index (χ3v) is 3.29. The summed E-state index contributed by atoms with van der Waals surface area (Å²) in [5.41, 5.74) is 2.37. The van der Waals surface area contributed by atoms with Crippen molar-refractivity contribution in [2.75, 3.05) is 12.4 Å². The van der Waals surface area contributed by atoms with Gasteiger partial charge in [0.1, 0.15) is 0 Å². The van der Waals surface area contributed by atoms with Gasteiger partial charge in [-0.25, -0.2) is 0 Å². The molecule has 1 aromatic carbocycles. The van der Waals surface area contributed by atoms with Crippen LogP contribution in [0.5, 0.6) is 0 Å². The van der Waals surface area contributed by atoms with Crippen molar-refractivity contribution in [2.24, 2.45) is 0 Å². The number of aromatic nitrogens is 1. The number of alkyl halides is 1. The molecule has 0 unspecified atom stereocenters. The fourth-order valence-electron chi connectivity index (χ4n) is 2.05. The Bertz CT molecular complexity index is 479. The molecule has 96 valence electrons. The summed E-state index contributed by atoms with van der Waals surface area (Å²) in [7, 11) is 0. The van der Waals surface area contributed by atoms with E-state index in [4.69, 9.17) is 11.6 Å². The van der Waals surface area contributed by atoms with Crippen LogP contribution in [0, 0.1) is 0 Å². The largest absolute Gasteiger partial charge is 0.313 e. The number of para-hydroxylation sites is 1. The van der Waals surface area contributed by atoms with Gasteiger partial charge in [-0.15, -0.1) is 11.6 Å². The highest BCUT2D eigenvalue weighted by Gasteiger charge is 2.00. The lowest BCUT2D eigenvalue weighted by molar-refractivity contribution is 0.619. The first kappa shape index (κ1) is 13.3. The van der Waals surface area contributed by atoms with Gasteiger partial charge in [0.2, 0.25) is 0 Å². The van der Waals surface area contributed by atoms with Crippen LogP contribution in [0.15, 0.2) is 36.5 Å². The van der Waals surface area contributed by atoms with E-state index >= 15 is 0 Å². The predicted molar refractivity (Wildman–Crippen MR) is 78.0 cm³/mol. The Morgan fingerprint density at radius 3 is 2.83 bits per heavy atom. The van der Waals surface area contributed by atoms with Crippen molar-refractivity contribution in [1.82, 2.24) is 10.3 Å². The Morgan fingerprint density at radius 2 is 1.94 bits per heavy atom. The molecule has 0 amide bonds. The van der Waals surface area contributed by atoms with Crippen LogP contribution in [0.1, 0.15) is 24.8 Å². The second-order valence-electron chi connectivity index (χ2n) is 4.42. The maximum absolute atomic E-state index is 5.65. The Kier molecular flexibility index (Phi) is 5.43. The molecule has 3 heteroatoms. The predicted octanol–water partition coefficient (Wildman–Crippen LogP) is 3.73. The van der Waals surface area contributed by atoms with Crippen molar-refractivity contribution in [2.45, 2.75) is 25.8 Å². The quantitative estimate of drug-likeness (QED) is 0.607. The average Bonchev–Trinajstić information content (AvgIpc) is 2.43. The molecule has 18 heavy (non-hydrogen) atoms. The fraction of sp³-hybridized carbons (Fsp3) is 0.400. The minimum absolute atomic E-state index is 0.771. The lowest BCUT2D eigenvalue weighted by atomic mass is 10.1. The van der Waals surface area contributed by atoms with Crippen LogP contribution in [0.2, 0.25) is 0 Å². The van der Waals surface area contributed by atoms with Gasteiger partial charge in [0.15, 0.2) is 0 Å². The average molecular weight is 263 g/mol. The molecule has 0 aliphatic rings. The van der Waals surface area contributed by atoms with E-state index in [1.165, 1.54) is 23.8 Å². The number of halogens is 1. The summed E-state index contributed by atoms with van der Waals surface area (Å²) in [4.78, 5) is 4.45. The standard InChI is InChI=1S/C15H19ClN2/c16-9-2-1-3-10-17-12-14-7-4-6-13-8-5-11-18-15(13)14/h4-8,11,17H,1-3,9-10,12H2. The van der Waals surface area contributed by atoms with Crippen LogP contribution in [0.25, 0.3) is 10.9 Å². The van der Waals surface area contributed by atoms with Gasteiger partial charge in [0.05, 0.1) is 5.52 Å². The van der Waals surface area contributed by atoms with Gasteiger partial charge < -0.3 is 5.32 Å². The van der Waals surface area contributed by atoms with Crippen LogP contribution in [-0.2, 0) is 6.54 Å². The highest BCUT2D eigenvalue weighted by molar-refractivity contribution is 6.17. The highest BCUT2D eigenvalue weighted by Crippen LogP contribution is 2.15. The number of nitrogens with one attached hydrogen (secondary N) is 1. The van der Waals surface area contributed by atoms with E-state index in [1.54, 1.807) is 0 Å². The summed E-state index contributed by atoms with van der Waals surface area (Å²) in [5, 5.41) is 4.68. The molecule has 2 rings (SSSR count). The molecule has 2 aromatic rings. The number of benzene rings is 1. The van der Waals surface area contributed by atoms with E-state index in [0.29, 0.717) is 0 Å². The molecule has 2 nitrogen and oxygen atoms in total. The van der Waals surface area contributed by atoms with Gasteiger partial charge >= 0.3 is 0 Å². The van der Waals surface area contributed by atoms with E-state index in [-0.39, 0.29) is 0 Å². The Morgan fingerprint density at radius 1 is 1.06 bits per heavy atom. The zero-order valence-electron chi connectivity index (χ0n) is 10.5. The second-order valence-corrected chi connectivity index (χ2v) is 4.80. The van der Waals surface area contributed by atoms with Gasteiger partial charge in [-0.1, -0.05) is 30.7 Å². The van der Waals surface area contributed by atoms with Crippen molar-refractivity contribution >= 4 is 22.5 Å². The molecule has 0 aliphatic carbocycles. The molecule has 1 heterocycles. The minimum atomic E-state index is 0.771. The molecule has 0 saturated carbocycles. The molecule has 0 atom stereocenters. The van der Waals surface area contributed by atoms with E-state index < -0.39 is 0 Å². The smallest absolute Gasteiger partial charge is 0.0746 e. The first-order valence-electron chi connectivity index (χ1n) is 6.51. The molecule has 0 saturated heterocycles. The second kappa shape index (κ2) is 7.34. The van der Waals surface area contributed by atoms with Crippen molar-refractivity contribution in [3.05, 3.63) is 42.1 Å². The number of hydrogen-bond donors (Lipinski definition) is 1. The normalized spacial score (nSPS) is 10.9. The molecule has 1 N–H and O–H groups in total. The molecule has 0 radical (unpaired) electrons. The molecule has 0 aliphatic heterocycles. The third kappa shape index (κ3) is 3.69. The number of rotatable bonds is 7. The van der Waals surface area contributed by atoms with Crippen molar-refractivity contribution in [3.63, 3.8) is 0 Å². The number of fused-ring (bicyclic) bond motifs is 1. The number of nitrogens with zero attached hydrogens (tertiary/aromatic N) is 1. The van der Waals surface area contributed by atoms with Crippen LogP contribution >= 0.6 is 11.6 Å². The highest BCUT2D eigenvalue weighted by atomic mass is 35.5. The fourth-order valence-corrected chi connectivity index (χ4v) is 2.24. The van der Waals surface area contributed by atoms with Gasteiger partial charge in [-0.2, -0.15) is 0 Å². The van der Waals surface area contributed by atoms with Gasteiger partial charge in [0, 0.05) is 24.0 Å². The van der Waals surface area contributed by atoms with Crippen molar-refractivity contribution in [3.8, 4) is 0 Å². The molecule has 0 bridgehead atoms. The van der Waals surface area contributed by atoms with E-state index in [9.17, 15) is 0 Å². The van der Waals surface area contributed by atoms with E-state index in [2.05, 4.69) is 34.6 Å². The molecular weight excluding hydrogens is 244 g/mol. The van der Waals surface area contributed by atoms with Crippen LogP contribution < -0.4 is 5.32 Å². The molecule has 1 aromatic heterocycles. The van der Waals surface area contributed by atoms with Gasteiger partial charge in [-0.05, 0) is 31.0 Å². The first-order valence-corrected chi connectivity index (χ1v) is 7.04. The summed E-state index contributed by atoms with van der Waals surface area (Å²) in [5.74, 6) is 0.771. The zero-order chi connectivity index (χ0) is 12.6. The topological polar surface area (TPSA) is 24.9 Å². The lowest BCUT2D eigenvalue weighted by Gasteiger charge is -2.07. The Labute approximate surface area is 113 Å². The Hall–Kier alpha value is -1.12. The number of hydrogen-bond acceptors (Lipinski definition) is 2. The lowest BCUT2D eigenvalue weighted by Crippen LogP contribution is -2.15. The summed E-state index contributed by atoms with van der Waals surface area (Å²) >= 11 is 5.65. The monoisotopic (exact) mass is 262 g/mol. The van der Waals surface area contributed by atoms with Crippen LogP contribution in [0.4, 0.5) is 0 Å².